The molecule has 0 aliphatic heterocycles. The Morgan fingerprint density at radius 1 is 1.24 bits per heavy atom. The summed E-state index contributed by atoms with van der Waals surface area (Å²) >= 11 is 0. The summed E-state index contributed by atoms with van der Waals surface area (Å²) in [4.78, 5) is 23.5. The molecule has 0 aromatic heterocycles. The van der Waals surface area contributed by atoms with Crippen molar-refractivity contribution >= 4 is 11.8 Å². The highest BCUT2D eigenvalue weighted by Crippen LogP contribution is 2.12. The van der Waals surface area contributed by atoms with Crippen LogP contribution in [0.2, 0.25) is 0 Å². The van der Waals surface area contributed by atoms with Crippen LogP contribution in [0.1, 0.15) is 24.2 Å². The van der Waals surface area contributed by atoms with E-state index < -0.39 is 6.10 Å². The highest BCUT2D eigenvalue weighted by Gasteiger charge is 2.11. The van der Waals surface area contributed by atoms with E-state index in [-0.39, 0.29) is 11.8 Å². The number of hydrogen-bond acceptors (Lipinski definition) is 4. The summed E-state index contributed by atoms with van der Waals surface area (Å²) in [7, 11) is 1.55. The third-order valence-corrected chi connectivity index (χ3v) is 2.83. The standard InChI is InChI=1S/C15H22N2O4/c1-4-21-11(2)14(18)16-8-9-17-15(19)12-6-5-7-13(10-12)20-3/h5-7,10-11H,4,8-9H2,1-3H3,(H,16,18)(H,17,19). The van der Waals surface area contributed by atoms with Crippen molar-refractivity contribution in [1.82, 2.24) is 10.6 Å². The number of ether oxygens (including phenoxy) is 2. The van der Waals surface area contributed by atoms with Crippen molar-refractivity contribution < 1.29 is 19.1 Å². The molecule has 0 bridgehead atoms. The van der Waals surface area contributed by atoms with Gasteiger partial charge in [-0.1, -0.05) is 6.07 Å². The van der Waals surface area contributed by atoms with Gasteiger partial charge in [0.05, 0.1) is 7.11 Å². The van der Waals surface area contributed by atoms with E-state index in [2.05, 4.69) is 10.6 Å². The number of amides is 2. The normalized spacial score (nSPS) is 11.6. The average Bonchev–Trinajstić information content (AvgIpc) is 2.51. The maximum absolute atomic E-state index is 11.9. The number of hydrogen-bond donors (Lipinski definition) is 2. The number of rotatable bonds is 8. The Balaban J connectivity index is 2.32. The molecular weight excluding hydrogens is 272 g/mol. The van der Waals surface area contributed by atoms with Gasteiger partial charge in [0, 0.05) is 25.3 Å². The van der Waals surface area contributed by atoms with Crippen LogP contribution in [0.3, 0.4) is 0 Å². The topological polar surface area (TPSA) is 76.7 Å². The predicted octanol–water partition coefficient (Wildman–Crippen LogP) is 0.966. The predicted molar refractivity (Wildman–Crippen MR) is 79.4 cm³/mol. The molecule has 0 saturated carbocycles. The minimum atomic E-state index is -0.482. The molecule has 1 rings (SSSR count). The Labute approximate surface area is 124 Å². The highest BCUT2D eigenvalue weighted by atomic mass is 16.5. The van der Waals surface area contributed by atoms with Crippen LogP contribution >= 0.6 is 0 Å². The molecule has 2 N–H and O–H groups in total. The van der Waals surface area contributed by atoms with Gasteiger partial charge in [0.1, 0.15) is 11.9 Å². The van der Waals surface area contributed by atoms with E-state index in [0.29, 0.717) is 31.0 Å². The first-order valence-corrected chi connectivity index (χ1v) is 6.90. The van der Waals surface area contributed by atoms with Crippen molar-refractivity contribution in [1.29, 1.82) is 0 Å². The number of carbonyl (C=O) groups is 2. The van der Waals surface area contributed by atoms with E-state index in [9.17, 15) is 9.59 Å². The van der Waals surface area contributed by atoms with Crippen LogP contribution < -0.4 is 15.4 Å². The van der Waals surface area contributed by atoms with Gasteiger partial charge in [-0.3, -0.25) is 9.59 Å². The van der Waals surface area contributed by atoms with Gasteiger partial charge < -0.3 is 20.1 Å². The van der Waals surface area contributed by atoms with Gasteiger partial charge in [0.15, 0.2) is 0 Å². The van der Waals surface area contributed by atoms with Crippen LogP contribution in [-0.4, -0.2) is 44.7 Å². The molecule has 0 aliphatic carbocycles. The maximum Gasteiger partial charge on any atom is 0.251 e. The lowest BCUT2D eigenvalue weighted by Crippen LogP contribution is -2.39. The minimum absolute atomic E-state index is 0.188. The van der Waals surface area contributed by atoms with Crippen LogP contribution in [0.15, 0.2) is 24.3 Å². The van der Waals surface area contributed by atoms with Gasteiger partial charge in [-0.2, -0.15) is 0 Å². The zero-order valence-corrected chi connectivity index (χ0v) is 12.6. The molecule has 2 amide bonds. The summed E-state index contributed by atoms with van der Waals surface area (Å²) in [6, 6.07) is 6.88. The first-order valence-electron chi connectivity index (χ1n) is 6.90. The molecule has 0 saturated heterocycles. The lowest BCUT2D eigenvalue weighted by atomic mass is 10.2. The van der Waals surface area contributed by atoms with E-state index in [1.54, 1.807) is 38.3 Å². The molecule has 1 aromatic rings. The first kappa shape index (κ1) is 17.0. The first-order chi connectivity index (χ1) is 10.1. The second-order valence-corrected chi connectivity index (χ2v) is 4.38. The molecule has 0 fully saturated rings. The van der Waals surface area contributed by atoms with E-state index in [1.807, 2.05) is 6.92 Å². The molecule has 0 radical (unpaired) electrons. The van der Waals surface area contributed by atoms with Gasteiger partial charge in [0.25, 0.3) is 5.91 Å². The second kappa shape index (κ2) is 8.97. The monoisotopic (exact) mass is 294 g/mol. The van der Waals surface area contributed by atoms with Gasteiger partial charge in [-0.25, -0.2) is 0 Å². The van der Waals surface area contributed by atoms with Crippen LogP contribution in [0, 0.1) is 0 Å². The summed E-state index contributed by atoms with van der Waals surface area (Å²) in [5.74, 6) is 0.231. The minimum Gasteiger partial charge on any atom is -0.497 e. The van der Waals surface area contributed by atoms with E-state index in [0.717, 1.165) is 0 Å². The Morgan fingerprint density at radius 2 is 1.95 bits per heavy atom. The Bertz CT molecular complexity index is 476. The fourth-order valence-electron chi connectivity index (χ4n) is 1.70. The van der Waals surface area contributed by atoms with Crippen LogP contribution in [-0.2, 0) is 9.53 Å². The van der Waals surface area contributed by atoms with Gasteiger partial charge in [-0.15, -0.1) is 0 Å². The summed E-state index contributed by atoms with van der Waals surface area (Å²) in [5, 5.41) is 5.42. The fraction of sp³-hybridized carbons (Fsp3) is 0.467. The quantitative estimate of drug-likeness (QED) is 0.700. The molecule has 0 aliphatic rings. The third-order valence-electron chi connectivity index (χ3n) is 2.83. The summed E-state index contributed by atoms with van der Waals surface area (Å²) in [6.45, 7) is 4.71. The van der Waals surface area contributed by atoms with E-state index >= 15 is 0 Å². The molecule has 6 nitrogen and oxygen atoms in total. The highest BCUT2D eigenvalue weighted by molar-refractivity contribution is 5.94. The largest absolute Gasteiger partial charge is 0.497 e. The molecule has 0 spiro atoms. The summed E-state index contributed by atoms with van der Waals surface area (Å²) in [6.07, 6.45) is -0.482. The number of carbonyl (C=O) groups excluding carboxylic acids is 2. The molecule has 0 heterocycles. The fourth-order valence-corrected chi connectivity index (χ4v) is 1.70. The molecule has 1 unspecified atom stereocenters. The molecule has 21 heavy (non-hydrogen) atoms. The lowest BCUT2D eigenvalue weighted by Gasteiger charge is -2.12. The molecular formula is C15H22N2O4. The Kier molecular flexibility index (Phi) is 7.25. The van der Waals surface area contributed by atoms with Gasteiger partial charge >= 0.3 is 0 Å². The average molecular weight is 294 g/mol. The third kappa shape index (κ3) is 5.83. The van der Waals surface area contributed by atoms with Crippen molar-refractivity contribution in [2.45, 2.75) is 20.0 Å². The van der Waals surface area contributed by atoms with Gasteiger partial charge in [0.2, 0.25) is 5.91 Å². The Morgan fingerprint density at radius 3 is 2.62 bits per heavy atom. The van der Waals surface area contributed by atoms with Gasteiger partial charge in [-0.05, 0) is 32.0 Å². The molecule has 1 atom stereocenters. The summed E-state index contributed by atoms with van der Waals surface area (Å²) < 4.78 is 10.2. The van der Waals surface area contributed by atoms with Crippen molar-refractivity contribution in [3.8, 4) is 5.75 Å². The van der Waals surface area contributed by atoms with E-state index in [1.165, 1.54) is 0 Å². The van der Waals surface area contributed by atoms with Crippen LogP contribution in [0.5, 0.6) is 5.75 Å². The van der Waals surface area contributed by atoms with Crippen LogP contribution in [0.25, 0.3) is 0 Å². The second-order valence-electron chi connectivity index (χ2n) is 4.38. The number of nitrogens with one attached hydrogen (secondary N) is 2. The molecule has 6 heteroatoms. The molecule has 116 valence electrons. The zero-order chi connectivity index (χ0) is 15.7. The van der Waals surface area contributed by atoms with Crippen LogP contribution in [0.4, 0.5) is 0 Å². The number of benzene rings is 1. The molecule has 1 aromatic carbocycles. The van der Waals surface area contributed by atoms with Crippen molar-refractivity contribution in [2.75, 3.05) is 26.8 Å². The summed E-state index contributed by atoms with van der Waals surface area (Å²) in [5.41, 5.74) is 0.517. The van der Waals surface area contributed by atoms with Crippen molar-refractivity contribution in [2.24, 2.45) is 0 Å². The van der Waals surface area contributed by atoms with Crippen molar-refractivity contribution in [3.63, 3.8) is 0 Å². The Hall–Kier alpha value is -2.08. The smallest absolute Gasteiger partial charge is 0.251 e. The SMILES string of the molecule is CCOC(C)C(=O)NCCNC(=O)c1cccc(OC)c1. The van der Waals surface area contributed by atoms with Crippen molar-refractivity contribution in [3.05, 3.63) is 29.8 Å². The maximum atomic E-state index is 11.9. The zero-order valence-electron chi connectivity index (χ0n) is 12.6. The van der Waals surface area contributed by atoms with E-state index in [4.69, 9.17) is 9.47 Å². The lowest BCUT2D eigenvalue weighted by molar-refractivity contribution is -0.131. The number of methoxy groups -OCH3 is 1.